The molecule has 0 aliphatic carbocycles. The van der Waals surface area contributed by atoms with Gasteiger partial charge in [0.05, 0.1) is 23.4 Å². The Morgan fingerprint density at radius 1 is 1.09 bits per heavy atom. The number of hydrogen-bond donors (Lipinski definition) is 0. The largest absolute Gasteiger partial charge is 0.486 e. The highest BCUT2D eigenvalue weighted by molar-refractivity contribution is 7.22. The van der Waals surface area contributed by atoms with Crippen molar-refractivity contribution in [3.8, 4) is 11.5 Å². The Morgan fingerprint density at radius 2 is 1.88 bits per heavy atom. The van der Waals surface area contributed by atoms with Crippen LogP contribution in [0.25, 0.3) is 10.2 Å². The minimum atomic E-state index is -0.0765. The molecule has 33 heavy (non-hydrogen) atoms. The van der Waals surface area contributed by atoms with Crippen molar-refractivity contribution < 1.29 is 19.0 Å². The SMILES string of the molecule is CCc1cccc2sc(N(CCN3CCOCC3)C(=O)c3ccc4c(c3)OCCO4)nc12.Cl. The normalized spacial score (nSPS) is 15.8. The van der Waals surface area contributed by atoms with E-state index in [0.29, 0.717) is 36.8 Å². The van der Waals surface area contributed by atoms with Crippen molar-refractivity contribution in [2.24, 2.45) is 0 Å². The average molecular weight is 490 g/mol. The summed E-state index contributed by atoms with van der Waals surface area (Å²) in [5.74, 6) is 1.22. The molecule has 0 bridgehead atoms. The van der Waals surface area contributed by atoms with Crippen LogP contribution in [0.15, 0.2) is 36.4 Å². The van der Waals surface area contributed by atoms with Gasteiger partial charge >= 0.3 is 0 Å². The van der Waals surface area contributed by atoms with Gasteiger partial charge in [-0.15, -0.1) is 12.4 Å². The van der Waals surface area contributed by atoms with Gasteiger partial charge in [-0.3, -0.25) is 14.6 Å². The Bertz CT molecular complexity index is 1120. The molecular weight excluding hydrogens is 462 g/mol. The summed E-state index contributed by atoms with van der Waals surface area (Å²) in [4.78, 5) is 22.7. The first-order valence-electron chi connectivity index (χ1n) is 11.1. The summed E-state index contributed by atoms with van der Waals surface area (Å²) >= 11 is 1.57. The first kappa shape index (κ1) is 23.8. The van der Waals surface area contributed by atoms with Gasteiger partial charge in [0.25, 0.3) is 5.91 Å². The predicted molar refractivity (Wildman–Crippen MR) is 133 cm³/mol. The number of aromatic nitrogens is 1. The van der Waals surface area contributed by atoms with E-state index in [4.69, 9.17) is 19.2 Å². The van der Waals surface area contributed by atoms with Crippen molar-refractivity contribution in [3.05, 3.63) is 47.5 Å². The molecule has 2 aromatic carbocycles. The second-order valence-electron chi connectivity index (χ2n) is 7.88. The lowest BCUT2D eigenvalue weighted by molar-refractivity contribution is 0.0391. The molecule has 0 unspecified atom stereocenters. The van der Waals surface area contributed by atoms with E-state index in [1.807, 2.05) is 17.0 Å². The molecule has 176 valence electrons. The Kier molecular flexibility index (Phi) is 7.70. The number of carbonyl (C=O) groups is 1. The summed E-state index contributed by atoms with van der Waals surface area (Å²) < 4.78 is 17.9. The van der Waals surface area contributed by atoms with Gasteiger partial charge < -0.3 is 14.2 Å². The molecule has 3 aromatic rings. The first-order valence-corrected chi connectivity index (χ1v) is 11.9. The van der Waals surface area contributed by atoms with Crippen LogP contribution in [0.3, 0.4) is 0 Å². The first-order chi connectivity index (χ1) is 15.7. The van der Waals surface area contributed by atoms with E-state index in [0.717, 1.165) is 54.6 Å². The van der Waals surface area contributed by atoms with E-state index in [9.17, 15) is 4.79 Å². The van der Waals surface area contributed by atoms with Crippen LogP contribution in [0, 0.1) is 0 Å². The number of nitrogens with zero attached hydrogens (tertiary/aromatic N) is 3. The van der Waals surface area contributed by atoms with Crippen LogP contribution in [-0.4, -0.2) is 68.4 Å². The fourth-order valence-corrected chi connectivity index (χ4v) is 5.12. The second-order valence-corrected chi connectivity index (χ2v) is 8.89. The zero-order valence-corrected chi connectivity index (χ0v) is 20.3. The number of para-hydroxylation sites is 1. The minimum absolute atomic E-state index is 0. The van der Waals surface area contributed by atoms with Crippen LogP contribution in [0.1, 0.15) is 22.8 Å². The number of amides is 1. The van der Waals surface area contributed by atoms with E-state index in [1.54, 1.807) is 17.4 Å². The average Bonchev–Trinajstić information content (AvgIpc) is 3.28. The van der Waals surface area contributed by atoms with Gasteiger partial charge in [-0.1, -0.05) is 30.4 Å². The van der Waals surface area contributed by atoms with Gasteiger partial charge in [-0.05, 0) is 36.2 Å². The third-order valence-corrected chi connectivity index (χ3v) is 6.92. The highest BCUT2D eigenvalue weighted by Gasteiger charge is 2.25. The van der Waals surface area contributed by atoms with E-state index >= 15 is 0 Å². The second kappa shape index (κ2) is 10.7. The summed E-state index contributed by atoms with van der Waals surface area (Å²) in [5, 5.41) is 0.731. The van der Waals surface area contributed by atoms with Crippen LogP contribution in [0.5, 0.6) is 11.5 Å². The van der Waals surface area contributed by atoms with Crippen molar-refractivity contribution in [1.82, 2.24) is 9.88 Å². The number of aryl methyl sites for hydroxylation is 1. The van der Waals surface area contributed by atoms with Crippen molar-refractivity contribution >= 4 is 45.0 Å². The van der Waals surface area contributed by atoms with E-state index < -0.39 is 0 Å². The molecule has 0 spiro atoms. The molecule has 5 rings (SSSR count). The summed E-state index contributed by atoms with van der Waals surface area (Å²) in [7, 11) is 0. The number of carbonyl (C=O) groups excluding carboxylic acids is 1. The Labute approximate surface area is 203 Å². The molecule has 0 saturated carbocycles. The monoisotopic (exact) mass is 489 g/mol. The maximum atomic E-state index is 13.7. The molecule has 0 N–H and O–H groups in total. The molecule has 2 aliphatic rings. The van der Waals surface area contributed by atoms with Gasteiger partial charge in [0.15, 0.2) is 16.6 Å². The van der Waals surface area contributed by atoms with E-state index in [2.05, 4.69) is 30.0 Å². The van der Waals surface area contributed by atoms with Crippen LogP contribution >= 0.6 is 23.7 Å². The topological polar surface area (TPSA) is 64.1 Å². The summed E-state index contributed by atoms with van der Waals surface area (Å²) in [6.07, 6.45) is 0.907. The van der Waals surface area contributed by atoms with Gasteiger partial charge in [0.1, 0.15) is 13.2 Å². The number of halogens is 1. The van der Waals surface area contributed by atoms with Crippen molar-refractivity contribution in [2.45, 2.75) is 13.3 Å². The third-order valence-electron chi connectivity index (χ3n) is 5.88. The van der Waals surface area contributed by atoms with Crippen LogP contribution < -0.4 is 14.4 Å². The third kappa shape index (κ3) is 5.09. The highest BCUT2D eigenvalue weighted by Crippen LogP contribution is 2.34. The molecule has 1 fully saturated rings. The van der Waals surface area contributed by atoms with Gasteiger partial charge in [-0.2, -0.15) is 0 Å². The number of anilines is 1. The molecule has 1 saturated heterocycles. The fraction of sp³-hybridized carbons (Fsp3) is 0.417. The molecule has 7 nitrogen and oxygen atoms in total. The van der Waals surface area contributed by atoms with Gasteiger partial charge in [-0.25, -0.2) is 4.98 Å². The predicted octanol–water partition coefficient (Wildman–Crippen LogP) is 4.03. The zero-order chi connectivity index (χ0) is 21.9. The molecule has 1 amide bonds. The fourth-order valence-electron chi connectivity index (χ4n) is 4.08. The number of benzene rings is 2. The quantitative estimate of drug-likeness (QED) is 0.521. The van der Waals surface area contributed by atoms with Crippen molar-refractivity contribution in [2.75, 3.05) is 57.5 Å². The molecule has 2 aliphatic heterocycles. The maximum Gasteiger partial charge on any atom is 0.260 e. The van der Waals surface area contributed by atoms with Crippen LogP contribution in [0.4, 0.5) is 5.13 Å². The standard InChI is InChI=1S/C24H27N3O4S.ClH/c1-2-17-4-3-5-21-22(17)25-24(32-21)27(9-8-26-10-12-29-13-11-26)23(28)18-6-7-19-20(16-18)31-15-14-30-19;/h3-7,16H,2,8-15H2,1H3;1H. The van der Waals surface area contributed by atoms with Crippen LogP contribution in [-0.2, 0) is 11.2 Å². The number of rotatable bonds is 6. The molecule has 3 heterocycles. The zero-order valence-electron chi connectivity index (χ0n) is 18.6. The molecule has 0 atom stereocenters. The summed E-state index contributed by atoms with van der Waals surface area (Å²) in [6.45, 7) is 7.71. The maximum absolute atomic E-state index is 13.7. The van der Waals surface area contributed by atoms with Crippen molar-refractivity contribution in [1.29, 1.82) is 0 Å². The number of ether oxygens (including phenoxy) is 3. The van der Waals surface area contributed by atoms with Crippen LogP contribution in [0.2, 0.25) is 0 Å². The lowest BCUT2D eigenvalue weighted by Crippen LogP contribution is -2.43. The summed E-state index contributed by atoms with van der Waals surface area (Å²) in [5.41, 5.74) is 2.76. The highest BCUT2D eigenvalue weighted by atomic mass is 35.5. The van der Waals surface area contributed by atoms with Gasteiger partial charge in [0, 0.05) is 31.7 Å². The summed E-state index contributed by atoms with van der Waals surface area (Å²) in [6, 6.07) is 11.6. The molecule has 0 radical (unpaired) electrons. The molecular formula is C24H28ClN3O4S. The Morgan fingerprint density at radius 3 is 2.67 bits per heavy atom. The number of hydrogen-bond acceptors (Lipinski definition) is 7. The lowest BCUT2D eigenvalue weighted by atomic mass is 10.1. The lowest BCUT2D eigenvalue weighted by Gasteiger charge is -2.29. The Balaban J connectivity index is 0.00000259. The minimum Gasteiger partial charge on any atom is -0.486 e. The smallest absolute Gasteiger partial charge is 0.260 e. The van der Waals surface area contributed by atoms with Crippen molar-refractivity contribution in [3.63, 3.8) is 0 Å². The van der Waals surface area contributed by atoms with Gasteiger partial charge in [0.2, 0.25) is 0 Å². The number of thiazole rings is 1. The molecule has 1 aromatic heterocycles. The van der Waals surface area contributed by atoms with E-state index in [-0.39, 0.29) is 18.3 Å². The number of fused-ring (bicyclic) bond motifs is 2. The van der Waals surface area contributed by atoms with E-state index in [1.165, 1.54) is 5.56 Å². The number of morpholine rings is 1. The molecule has 9 heteroatoms. The Hall–Kier alpha value is -2.39.